The molecule has 0 atom stereocenters. The number of nitrogens with zero attached hydrogens (tertiary/aromatic N) is 3. The standard InChI is InChI=1S/C12H15N3O/c1-3-11(16)10-4-6-15(8-10)9-12-13-5-7-14(12)2/h4-8H,3,9H2,1-2H3. The van der Waals surface area contributed by atoms with Crippen molar-refractivity contribution in [1.29, 1.82) is 0 Å². The number of carbonyl (C=O) groups excluding carboxylic acids is 1. The summed E-state index contributed by atoms with van der Waals surface area (Å²) in [5, 5.41) is 0. The largest absolute Gasteiger partial charge is 0.346 e. The highest BCUT2D eigenvalue weighted by molar-refractivity contribution is 5.95. The molecule has 0 saturated carbocycles. The van der Waals surface area contributed by atoms with Crippen LogP contribution in [-0.2, 0) is 13.6 Å². The minimum absolute atomic E-state index is 0.179. The molecule has 4 nitrogen and oxygen atoms in total. The molecule has 0 saturated heterocycles. The SMILES string of the molecule is CCC(=O)c1ccn(Cc2nccn2C)c1. The third-order valence-corrected chi connectivity index (χ3v) is 2.64. The lowest BCUT2D eigenvalue weighted by Crippen LogP contribution is -2.04. The van der Waals surface area contributed by atoms with E-state index in [0.29, 0.717) is 13.0 Å². The van der Waals surface area contributed by atoms with Crippen molar-refractivity contribution in [1.82, 2.24) is 14.1 Å². The summed E-state index contributed by atoms with van der Waals surface area (Å²) in [5.74, 6) is 1.16. The molecule has 0 aliphatic heterocycles. The highest BCUT2D eigenvalue weighted by Gasteiger charge is 2.06. The lowest BCUT2D eigenvalue weighted by atomic mass is 10.2. The van der Waals surface area contributed by atoms with Gasteiger partial charge < -0.3 is 9.13 Å². The van der Waals surface area contributed by atoms with Gasteiger partial charge in [-0.1, -0.05) is 6.92 Å². The van der Waals surface area contributed by atoms with Crippen LogP contribution in [0.3, 0.4) is 0 Å². The van der Waals surface area contributed by atoms with Gasteiger partial charge >= 0.3 is 0 Å². The average molecular weight is 217 g/mol. The third kappa shape index (κ3) is 2.05. The first-order chi connectivity index (χ1) is 7.70. The van der Waals surface area contributed by atoms with Gasteiger partial charge in [0, 0.05) is 43.8 Å². The monoisotopic (exact) mass is 217 g/mol. The maximum Gasteiger partial charge on any atom is 0.164 e. The topological polar surface area (TPSA) is 39.8 Å². The molecule has 2 aromatic rings. The van der Waals surface area contributed by atoms with Crippen LogP contribution in [-0.4, -0.2) is 19.9 Å². The molecular weight excluding hydrogens is 202 g/mol. The maximum atomic E-state index is 11.5. The normalized spacial score (nSPS) is 10.6. The summed E-state index contributed by atoms with van der Waals surface area (Å²) in [6.45, 7) is 2.57. The number of hydrogen-bond donors (Lipinski definition) is 0. The van der Waals surface area contributed by atoms with Gasteiger partial charge in [-0.15, -0.1) is 0 Å². The zero-order valence-electron chi connectivity index (χ0n) is 9.55. The van der Waals surface area contributed by atoms with E-state index in [2.05, 4.69) is 4.98 Å². The van der Waals surface area contributed by atoms with E-state index in [-0.39, 0.29) is 5.78 Å². The fourth-order valence-electron chi connectivity index (χ4n) is 1.62. The van der Waals surface area contributed by atoms with Crippen LogP contribution in [0, 0.1) is 0 Å². The Bertz CT molecular complexity index is 496. The van der Waals surface area contributed by atoms with Gasteiger partial charge in [-0.2, -0.15) is 0 Å². The number of aryl methyl sites for hydroxylation is 1. The summed E-state index contributed by atoms with van der Waals surface area (Å²) in [4.78, 5) is 15.7. The molecule has 2 aromatic heterocycles. The summed E-state index contributed by atoms with van der Waals surface area (Å²) >= 11 is 0. The van der Waals surface area contributed by atoms with Crippen LogP contribution < -0.4 is 0 Å². The highest BCUT2D eigenvalue weighted by atomic mass is 16.1. The first-order valence-electron chi connectivity index (χ1n) is 5.36. The quantitative estimate of drug-likeness (QED) is 0.733. The first kappa shape index (κ1) is 10.7. The van der Waals surface area contributed by atoms with Crippen LogP contribution in [0.2, 0.25) is 0 Å². The maximum absolute atomic E-state index is 11.5. The van der Waals surface area contributed by atoms with E-state index in [1.807, 2.05) is 47.8 Å². The van der Waals surface area contributed by atoms with Crippen molar-refractivity contribution in [3.63, 3.8) is 0 Å². The molecule has 0 aliphatic rings. The van der Waals surface area contributed by atoms with Crippen molar-refractivity contribution in [2.45, 2.75) is 19.9 Å². The molecule has 0 aromatic carbocycles. The smallest absolute Gasteiger partial charge is 0.164 e. The van der Waals surface area contributed by atoms with Crippen molar-refractivity contribution in [2.75, 3.05) is 0 Å². The minimum atomic E-state index is 0.179. The molecule has 2 heterocycles. The van der Waals surface area contributed by atoms with Gasteiger partial charge in [0.15, 0.2) is 5.78 Å². The van der Waals surface area contributed by atoms with Crippen molar-refractivity contribution in [3.8, 4) is 0 Å². The fourth-order valence-corrected chi connectivity index (χ4v) is 1.62. The summed E-state index contributed by atoms with van der Waals surface area (Å²) < 4.78 is 3.95. The van der Waals surface area contributed by atoms with Crippen LogP contribution in [0.25, 0.3) is 0 Å². The number of hydrogen-bond acceptors (Lipinski definition) is 2. The van der Waals surface area contributed by atoms with Gasteiger partial charge in [-0.05, 0) is 6.07 Å². The van der Waals surface area contributed by atoms with Gasteiger partial charge in [0.05, 0.1) is 6.54 Å². The Morgan fingerprint density at radius 3 is 2.88 bits per heavy atom. The van der Waals surface area contributed by atoms with E-state index >= 15 is 0 Å². The molecule has 0 fully saturated rings. The van der Waals surface area contributed by atoms with E-state index < -0.39 is 0 Å². The predicted octanol–water partition coefficient (Wildman–Crippen LogP) is 1.86. The molecule has 0 bridgehead atoms. The van der Waals surface area contributed by atoms with Gasteiger partial charge in [0.2, 0.25) is 0 Å². The average Bonchev–Trinajstić information content (AvgIpc) is 2.89. The lowest BCUT2D eigenvalue weighted by Gasteiger charge is -2.02. The Morgan fingerprint density at radius 1 is 1.44 bits per heavy atom. The number of rotatable bonds is 4. The Morgan fingerprint density at radius 2 is 2.25 bits per heavy atom. The summed E-state index contributed by atoms with van der Waals surface area (Å²) in [6, 6.07) is 1.86. The van der Waals surface area contributed by atoms with Crippen LogP contribution >= 0.6 is 0 Å². The first-order valence-corrected chi connectivity index (χ1v) is 5.36. The van der Waals surface area contributed by atoms with Gasteiger partial charge in [-0.25, -0.2) is 4.98 Å². The van der Waals surface area contributed by atoms with Crippen LogP contribution in [0.5, 0.6) is 0 Å². The number of aromatic nitrogens is 3. The second-order valence-electron chi connectivity index (χ2n) is 3.80. The molecule has 84 valence electrons. The Balaban J connectivity index is 2.14. The van der Waals surface area contributed by atoms with Crippen molar-refractivity contribution < 1.29 is 4.79 Å². The van der Waals surface area contributed by atoms with E-state index in [1.165, 1.54) is 0 Å². The van der Waals surface area contributed by atoms with Gasteiger partial charge in [0.1, 0.15) is 5.82 Å². The van der Waals surface area contributed by atoms with E-state index in [9.17, 15) is 4.79 Å². The molecule has 0 radical (unpaired) electrons. The van der Waals surface area contributed by atoms with E-state index in [4.69, 9.17) is 0 Å². The second kappa shape index (κ2) is 4.35. The minimum Gasteiger partial charge on any atom is -0.346 e. The summed E-state index contributed by atoms with van der Waals surface area (Å²) in [6.07, 6.45) is 8.03. The highest BCUT2D eigenvalue weighted by Crippen LogP contribution is 2.07. The van der Waals surface area contributed by atoms with E-state index in [0.717, 1.165) is 11.4 Å². The third-order valence-electron chi connectivity index (χ3n) is 2.64. The molecule has 4 heteroatoms. The van der Waals surface area contributed by atoms with Crippen LogP contribution in [0.1, 0.15) is 29.5 Å². The number of ketones is 1. The zero-order chi connectivity index (χ0) is 11.5. The zero-order valence-corrected chi connectivity index (χ0v) is 9.55. The molecule has 0 amide bonds. The molecule has 0 spiro atoms. The molecule has 2 rings (SSSR count). The number of carbonyl (C=O) groups is 1. The molecule has 16 heavy (non-hydrogen) atoms. The lowest BCUT2D eigenvalue weighted by molar-refractivity contribution is 0.0988. The van der Waals surface area contributed by atoms with Crippen molar-refractivity contribution in [3.05, 3.63) is 42.2 Å². The van der Waals surface area contributed by atoms with Gasteiger partial charge in [-0.3, -0.25) is 4.79 Å². The van der Waals surface area contributed by atoms with Gasteiger partial charge in [0.25, 0.3) is 0 Å². The second-order valence-corrected chi connectivity index (χ2v) is 3.80. The van der Waals surface area contributed by atoms with Crippen molar-refractivity contribution >= 4 is 5.78 Å². The fraction of sp³-hybridized carbons (Fsp3) is 0.333. The molecule has 0 unspecified atom stereocenters. The summed E-state index contributed by atoms with van der Waals surface area (Å²) in [7, 11) is 1.96. The molecular formula is C12H15N3O. The predicted molar refractivity (Wildman–Crippen MR) is 61.4 cm³/mol. The summed E-state index contributed by atoms with van der Waals surface area (Å²) in [5.41, 5.74) is 0.775. The van der Waals surface area contributed by atoms with Crippen LogP contribution in [0.15, 0.2) is 30.9 Å². The molecule has 0 aliphatic carbocycles. The van der Waals surface area contributed by atoms with E-state index in [1.54, 1.807) is 6.20 Å². The number of imidazole rings is 1. The Kier molecular flexibility index (Phi) is 2.90. The molecule has 0 N–H and O–H groups in total. The Labute approximate surface area is 94.5 Å². The van der Waals surface area contributed by atoms with Crippen molar-refractivity contribution in [2.24, 2.45) is 7.05 Å². The Hall–Kier alpha value is -1.84. The number of Topliss-reactive ketones (excluding diaryl/α,β-unsaturated/α-hetero) is 1. The van der Waals surface area contributed by atoms with Crippen LogP contribution in [0.4, 0.5) is 0 Å².